The van der Waals surface area contributed by atoms with Crippen LogP contribution < -0.4 is 9.61 Å². The van der Waals surface area contributed by atoms with Crippen LogP contribution >= 0.6 is 23.1 Å². The summed E-state index contributed by atoms with van der Waals surface area (Å²) in [6.07, 6.45) is 4.14. The highest BCUT2D eigenvalue weighted by Crippen LogP contribution is 2.68. The Hall–Kier alpha value is -2.79. The fourth-order valence-electron chi connectivity index (χ4n) is 8.07. The molecule has 1 aromatic carbocycles. The Morgan fingerprint density at radius 1 is 1.10 bits per heavy atom. The van der Waals surface area contributed by atoms with Crippen molar-refractivity contribution in [3.05, 3.63) is 38.3 Å². The number of piperidine rings is 1. The molecule has 39 heavy (non-hydrogen) atoms. The van der Waals surface area contributed by atoms with Gasteiger partial charge in [-0.3, -0.25) is 24.1 Å². The number of likely N-dealkylation sites (tertiary alicyclic amines) is 2. The molecule has 206 valence electrons. The number of aromatic hydroxyl groups is 1. The van der Waals surface area contributed by atoms with Crippen molar-refractivity contribution < 1.29 is 24.2 Å². The molecule has 4 fully saturated rings. The molecule has 7 unspecified atom stereocenters. The molecule has 2 saturated heterocycles. The molecular formula is C28H31N3O6S2. The molecule has 3 amide bonds. The molecule has 9 nitrogen and oxygen atoms in total. The topological polar surface area (TPSA) is 120 Å². The van der Waals surface area contributed by atoms with Gasteiger partial charge in [0.25, 0.3) is 0 Å². The molecule has 7 atom stereocenters. The number of methoxy groups -OCH3 is 1. The van der Waals surface area contributed by atoms with Gasteiger partial charge in [0.15, 0.2) is 11.5 Å². The Balaban J connectivity index is 1.19. The number of fused-ring (bicyclic) bond motifs is 9. The average molecular weight is 570 g/mol. The zero-order valence-electron chi connectivity index (χ0n) is 21.6. The third-order valence-electron chi connectivity index (χ3n) is 9.64. The minimum absolute atomic E-state index is 0.00639. The highest BCUT2D eigenvalue weighted by Gasteiger charge is 2.69. The fraction of sp³-hybridized carbons (Fsp3) is 0.571. The van der Waals surface area contributed by atoms with Crippen molar-refractivity contribution in [3.63, 3.8) is 0 Å². The SMILES string of the molecule is COc1cc(C2c3sc(=O)[nH]c3SC3C4CC(C5C(=O)N(CCC(=O)N6CCCCC6)C(=O)C45)C23)ccc1O. The Kier molecular flexibility index (Phi) is 6.07. The maximum absolute atomic E-state index is 13.8. The van der Waals surface area contributed by atoms with Crippen molar-refractivity contribution in [1.82, 2.24) is 14.8 Å². The van der Waals surface area contributed by atoms with E-state index in [2.05, 4.69) is 4.98 Å². The first kappa shape index (κ1) is 25.2. The largest absolute Gasteiger partial charge is 0.504 e. The van der Waals surface area contributed by atoms with Gasteiger partial charge in [0.2, 0.25) is 17.7 Å². The zero-order chi connectivity index (χ0) is 27.0. The molecule has 2 bridgehead atoms. The van der Waals surface area contributed by atoms with Gasteiger partial charge >= 0.3 is 4.87 Å². The Morgan fingerprint density at radius 2 is 1.85 bits per heavy atom. The molecule has 4 heterocycles. The third-order valence-corrected chi connectivity index (χ3v) is 12.2. The summed E-state index contributed by atoms with van der Waals surface area (Å²) in [5.74, 6) is -0.601. The van der Waals surface area contributed by atoms with E-state index in [1.165, 1.54) is 23.3 Å². The first-order chi connectivity index (χ1) is 18.9. The Morgan fingerprint density at radius 3 is 2.59 bits per heavy atom. The predicted octanol–water partition coefficient (Wildman–Crippen LogP) is 3.03. The van der Waals surface area contributed by atoms with Crippen LogP contribution in [0.2, 0.25) is 0 Å². The number of hydrogen-bond donors (Lipinski definition) is 2. The van der Waals surface area contributed by atoms with Gasteiger partial charge in [0, 0.05) is 42.1 Å². The van der Waals surface area contributed by atoms with E-state index in [4.69, 9.17) is 4.74 Å². The first-order valence-corrected chi connectivity index (χ1v) is 15.5. The van der Waals surface area contributed by atoms with Crippen molar-refractivity contribution in [2.45, 2.75) is 48.3 Å². The molecule has 2 aromatic rings. The lowest BCUT2D eigenvalue weighted by Gasteiger charge is -2.43. The number of nitrogens with zero attached hydrogens (tertiary/aromatic N) is 2. The van der Waals surface area contributed by atoms with E-state index in [0.717, 1.165) is 54.2 Å². The zero-order valence-corrected chi connectivity index (χ0v) is 23.3. The van der Waals surface area contributed by atoms with Crippen LogP contribution in [0.1, 0.15) is 48.5 Å². The van der Waals surface area contributed by atoms with Crippen molar-refractivity contribution in [2.75, 3.05) is 26.7 Å². The number of hydrogen-bond acceptors (Lipinski definition) is 8. The van der Waals surface area contributed by atoms with Crippen LogP contribution in [0.25, 0.3) is 0 Å². The Labute approximate surface area is 233 Å². The minimum Gasteiger partial charge on any atom is -0.504 e. The molecule has 2 saturated carbocycles. The number of ether oxygens (including phenoxy) is 1. The van der Waals surface area contributed by atoms with Crippen LogP contribution in [0.5, 0.6) is 11.5 Å². The van der Waals surface area contributed by atoms with Gasteiger partial charge in [-0.25, -0.2) is 0 Å². The number of phenolic OH excluding ortho intramolecular Hbond substituents is 1. The molecule has 1 aromatic heterocycles. The number of thioether (sulfide) groups is 1. The van der Waals surface area contributed by atoms with Crippen molar-refractivity contribution in [2.24, 2.45) is 29.6 Å². The fourth-order valence-corrected chi connectivity index (χ4v) is 11.0. The van der Waals surface area contributed by atoms with Crippen molar-refractivity contribution in [3.8, 4) is 11.5 Å². The number of carbonyl (C=O) groups excluding carboxylic acids is 3. The molecular weight excluding hydrogens is 538 g/mol. The van der Waals surface area contributed by atoms with E-state index in [1.807, 2.05) is 17.0 Å². The molecule has 3 aliphatic heterocycles. The molecule has 2 aliphatic carbocycles. The van der Waals surface area contributed by atoms with Crippen molar-refractivity contribution >= 4 is 40.8 Å². The summed E-state index contributed by atoms with van der Waals surface area (Å²) >= 11 is 2.84. The van der Waals surface area contributed by atoms with Crippen LogP contribution in [0, 0.1) is 29.6 Å². The molecule has 2 N–H and O–H groups in total. The number of aromatic nitrogens is 1. The van der Waals surface area contributed by atoms with E-state index in [-0.39, 0.29) is 82.1 Å². The number of thiazole rings is 1. The Bertz CT molecular complexity index is 1410. The number of benzene rings is 1. The quantitative estimate of drug-likeness (QED) is 0.531. The van der Waals surface area contributed by atoms with Gasteiger partial charge in [-0.1, -0.05) is 17.4 Å². The monoisotopic (exact) mass is 569 g/mol. The number of aromatic amines is 1. The molecule has 5 aliphatic rings. The van der Waals surface area contributed by atoms with E-state index < -0.39 is 0 Å². The molecule has 0 spiro atoms. The molecule has 7 rings (SSSR count). The second-order valence-electron chi connectivity index (χ2n) is 11.4. The molecule has 0 radical (unpaired) electrons. The maximum Gasteiger partial charge on any atom is 0.305 e. The standard InChI is InChI=1S/C28H31N3O6S2/c1-37-17-11-13(5-6-16(17)32)19-20-14-12-15(23(20)38-25-24(19)39-28(36)29-25)22-21(14)26(34)31(27(22)35)10-7-18(33)30-8-3-2-4-9-30/h5-6,11,14-15,19-23,32H,2-4,7-10,12H2,1H3,(H,29,36). The van der Waals surface area contributed by atoms with Gasteiger partial charge in [0.1, 0.15) is 0 Å². The minimum atomic E-state index is -0.381. The summed E-state index contributed by atoms with van der Waals surface area (Å²) in [5, 5.41) is 11.1. The number of nitrogens with one attached hydrogen (secondary N) is 1. The van der Waals surface area contributed by atoms with E-state index in [0.29, 0.717) is 5.75 Å². The molecule has 11 heteroatoms. The predicted molar refractivity (Wildman–Crippen MR) is 145 cm³/mol. The lowest BCUT2D eigenvalue weighted by molar-refractivity contribution is -0.141. The van der Waals surface area contributed by atoms with Gasteiger partial charge in [-0.15, -0.1) is 11.8 Å². The van der Waals surface area contributed by atoms with Crippen molar-refractivity contribution in [1.29, 1.82) is 0 Å². The van der Waals surface area contributed by atoms with E-state index >= 15 is 0 Å². The second-order valence-corrected chi connectivity index (χ2v) is 13.6. The third kappa shape index (κ3) is 3.79. The van der Waals surface area contributed by atoms with Gasteiger partial charge < -0.3 is 19.7 Å². The van der Waals surface area contributed by atoms with E-state index in [1.54, 1.807) is 17.8 Å². The summed E-state index contributed by atoms with van der Waals surface area (Å²) in [7, 11) is 1.51. The van der Waals surface area contributed by atoms with Crippen LogP contribution in [0.15, 0.2) is 28.0 Å². The van der Waals surface area contributed by atoms with Crippen LogP contribution in [0.4, 0.5) is 0 Å². The summed E-state index contributed by atoms with van der Waals surface area (Å²) in [6.45, 7) is 1.67. The average Bonchev–Trinajstić information content (AvgIpc) is 3.67. The second kappa shape index (κ2) is 9.40. The van der Waals surface area contributed by atoms with Gasteiger partial charge in [-0.2, -0.15) is 0 Å². The number of imide groups is 1. The summed E-state index contributed by atoms with van der Waals surface area (Å²) in [5.41, 5.74) is 0.932. The number of carbonyl (C=O) groups is 3. The normalized spacial score (nSPS) is 32.8. The van der Waals surface area contributed by atoms with Gasteiger partial charge in [0.05, 0.1) is 24.0 Å². The number of H-pyrrole nitrogens is 1. The lowest BCUT2D eigenvalue weighted by Crippen LogP contribution is -2.42. The summed E-state index contributed by atoms with van der Waals surface area (Å²) < 4.78 is 5.39. The first-order valence-electron chi connectivity index (χ1n) is 13.8. The van der Waals surface area contributed by atoms with Crippen LogP contribution in [-0.2, 0) is 14.4 Å². The highest BCUT2D eigenvalue weighted by molar-refractivity contribution is 8.00. The summed E-state index contributed by atoms with van der Waals surface area (Å²) in [6, 6.07) is 5.30. The lowest BCUT2D eigenvalue weighted by atomic mass is 9.68. The highest BCUT2D eigenvalue weighted by atomic mass is 32.2. The van der Waals surface area contributed by atoms with Crippen LogP contribution in [-0.4, -0.2) is 69.6 Å². The van der Waals surface area contributed by atoms with Gasteiger partial charge in [-0.05, 0) is 61.1 Å². The maximum atomic E-state index is 13.8. The summed E-state index contributed by atoms with van der Waals surface area (Å²) in [4.78, 5) is 59.7. The number of amides is 3. The smallest absolute Gasteiger partial charge is 0.305 e. The number of rotatable bonds is 5. The number of phenols is 1. The van der Waals surface area contributed by atoms with Crippen LogP contribution in [0.3, 0.4) is 0 Å². The van der Waals surface area contributed by atoms with E-state index in [9.17, 15) is 24.3 Å².